The maximum Gasteiger partial charge on any atom is 0.251 e. The molecule has 0 unspecified atom stereocenters. The van der Waals surface area contributed by atoms with Crippen molar-refractivity contribution >= 4 is 15.9 Å². The maximum atomic E-state index is 12.8. The first-order valence-corrected chi connectivity index (χ1v) is 12.4. The summed E-state index contributed by atoms with van der Waals surface area (Å²) < 4.78 is 43.0. The number of rotatable bonds is 8. The van der Waals surface area contributed by atoms with E-state index in [1.165, 1.54) is 28.6 Å². The van der Waals surface area contributed by atoms with E-state index in [1.54, 1.807) is 32.4 Å². The van der Waals surface area contributed by atoms with Gasteiger partial charge < -0.3 is 19.3 Å². The predicted molar refractivity (Wildman–Crippen MR) is 125 cm³/mol. The Morgan fingerprint density at radius 3 is 2.38 bits per heavy atom. The summed E-state index contributed by atoms with van der Waals surface area (Å²) in [4.78, 5) is 12.7. The molecular formula is C24H27N3O6S. The smallest absolute Gasteiger partial charge is 0.251 e. The highest BCUT2D eigenvalue weighted by Crippen LogP contribution is 2.32. The van der Waals surface area contributed by atoms with E-state index < -0.39 is 10.0 Å². The highest BCUT2D eigenvalue weighted by Gasteiger charge is 2.26. The number of aromatic nitrogens is 1. The SMILES string of the molecule is COc1ccc(-c2cc(CNC(=O)c3ccc(S(=O)(=O)N4CCCCC4)cc3)no2)cc1OC. The van der Waals surface area contributed by atoms with Crippen LogP contribution in [0.15, 0.2) is 57.9 Å². The third-order valence-corrected chi connectivity index (χ3v) is 7.64. The molecule has 0 radical (unpaired) electrons. The summed E-state index contributed by atoms with van der Waals surface area (Å²) in [6.07, 6.45) is 2.79. The number of benzene rings is 2. The number of methoxy groups -OCH3 is 2. The van der Waals surface area contributed by atoms with E-state index in [4.69, 9.17) is 14.0 Å². The van der Waals surface area contributed by atoms with Crippen molar-refractivity contribution in [2.24, 2.45) is 0 Å². The van der Waals surface area contributed by atoms with Crippen LogP contribution in [0.2, 0.25) is 0 Å². The Hall–Kier alpha value is -3.37. The molecule has 34 heavy (non-hydrogen) atoms. The van der Waals surface area contributed by atoms with Crippen molar-refractivity contribution in [1.82, 2.24) is 14.8 Å². The maximum absolute atomic E-state index is 12.8. The van der Waals surface area contributed by atoms with Crippen LogP contribution in [0.3, 0.4) is 0 Å². The molecule has 2 heterocycles. The number of hydrogen-bond acceptors (Lipinski definition) is 7. The Morgan fingerprint density at radius 2 is 1.71 bits per heavy atom. The highest BCUT2D eigenvalue weighted by atomic mass is 32.2. The Balaban J connectivity index is 1.38. The molecule has 9 nitrogen and oxygen atoms in total. The summed E-state index contributed by atoms with van der Waals surface area (Å²) in [6, 6.07) is 13.1. The summed E-state index contributed by atoms with van der Waals surface area (Å²) in [6.45, 7) is 1.23. The fraction of sp³-hybridized carbons (Fsp3) is 0.333. The van der Waals surface area contributed by atoms with Gasteiger partial charge in [0, 0.05) is 30.3 Å². The van der Waals surface area contributed by atoms with Crippen molar-refractivity contribution < 1.29 is 27.2 Å². The Morgan fingerprint density at radius 1 is 1.00 bits per heavy atom. The zero-order valence-electron chi connectivity index (χ0n) is 19.1. The summed E-state index contributed by atoms with van der Waals surface area (Å²) in [5.41, 5.74) is 1.66. The van der Waals surface area contributed by atoms with Gasteiger partial charge in [-0.15, -0.1) is 0 Å². The largest absolute Gasteiger partial charge is 0.493 e. The Kier molecular flexibility index (Phi) is 7.18. The van der Waals surface area contributed by atoms with Gasteiger partial charge in [0.25, 0.3) is 5.91 Å². The Labute approximate surface area is 198 Å². The average Bonchev–Trinajstić information content (AvgIpc) is 3.36. The van der Waals surface area contributed by atoms with Gasteiger partial charge in [-0.05, 0) is 55.3 Å². The van der Waals surface area contributed by atoms with Gasteiger partial charge in [-0.3, -0.25) is 4.79 Å². The summed E-state index contributed by atoms with van der Waals surface area (Å²) >= 11 is 0. The first-order chi connectivity index (χ1) is 16.4. The zero-order chi connectivity index (χ0) is 24.1. The minimum absolute atomic E-state index is 0.156. The lowest BCUT2D eigenvalue weighted by Crippen LogP contribution is -2.35. The molecule has 0 atom stereocenters. The Bertz CT molecular complexity index is 1250. The van der Waals surface area contributed by atoms with Crippen LogP contribution in [0, 0.1) is 0 Å². The number of piperidine rings is 1. The van der Waals surface area contributed by atoms with Crippen LogP contribution in [0.1, 0.15) is 35.3 Å². The highest BCUT2D eigenvalue weighted by molar-refractivity contribution is 7.89. The number of sulfonamides is 1. The molecule has 4 rings (SSSR count). The van der Waals surface area contributed by atoms with Gasteiger partial charge in [-0.2, -0.15) is 4.31 Å². The molecule has 2 aromatic carbocycles. The summed E-state index contributed by atoms with van der Waals surface area (Å²) in [5, 5.41) is 6.78. The average molecular weight is 486 g/mol. The molecule has 10 heteroatoms. The van der Waals surface area contributed by atoms with Gasteiger partial charge in [-0.25, -0.2) is 8.42 Å². The van der Waals surface area contributed by atoms with Crippen LogP contribution in [0.5, 0.6) is 11.5 Å². The molecule has 0 aliphatic carbocycles. The van der Waals surface area contributed by atoms with Gasteiger partial charge >= 0.3 is 0 Å². The van der Waals surface area contributed by atoms with Gasteiger partial charge in [0.05, 0.1) is 25.7 Å². The van der Waals surface area contributed by atoms with E-state index in [0.717, 1.165) is 24.8 Å². The van der Waals surface area contributed by atoms with E-state index >= 15 is 0 Å². The van der Waals surface area contributed by atoms with E-state index in [0.29, 0.717) is 41.6 Å². The summed E-state index contributed by atoms with van der Waals surface area (Å²) in [7, 11) is -0.413. The van der Waals surface area contributed by atoms with Crippen LogP contribution in [0.25, 0.3) is 11.3 Å². The van der Waals surface area contributed by atoms with Crippen LogP contribution in [-0.2, 0) is 16.6 Å². The number of ether oxygens (including phenoxy) is 2. The second-order valence-corrected chi connectivity index (χ2v) is 9.86. The number of carbonyl (C=O) groups is 1. The minimum atomic E-state index is -3.53. The first-order valence-electron chi connectivity index (χ1n) is 11.0. The molecule has 1 fully saturated rings. The first kappa shape index (κ1) is 23.8. The topological polar surface area (TPSA) is 111 Å². The van der Waals surface area contributed by atoms with E-state index in [2.05, 4.69) is 10.5 Å². The molecule has 1 aromatic heterocycles. The number of hydrogen-bond donors (Lipinski definition) is 1. The molecule has 3 aromatic rings. The van der Waals surface area contributed by atoms with Crippen LogP contribution in [-0.4, -0.2) is 51.1 Å². The molecular weight excluding hydrogens is 458 g/mol. The normalized spacial score (nSPS) is 14.5. The number of nitrogens with one attached hydrogen (secondary N) is 1. The van der Waals surface area contributed by atoms with E-state index in [9.17, 15) is 13.2 Å². The molecule has 1 aliphatic heterocycles. The molecule has 0 spiro atoms. The fourth-order valence-electron chi connectivity index (χ4n) is 3.83. The summed E-state index contributed by atoms with van der Waals surface area (Å²) in [5.74, 6) is 1.36. The van der Waals surface area contributed by atoms with Crippen molar-refractivity contribution in [3.63, 3.8) is 0 Å². The second kappa shape index (κ2) is 10.3. The third-order valence-electron chi connectivity index (χ3n) is 5.73. The van der Waals surface area contributed by atoms with Crippen molar-refractivity contribution in [1.29, 1.82) is 0 Å². The van der Waals surface area contributed by atoms with Gasteiger partial charge in [0.1, 0.15) is 5.69 Å². The zero-order valence-corrected chi connectivity index (χ0v) is 19.9. The fourth-order valence-corrected chi connectivity index (χ4v) is 5.34. The van der Waals surface area contributed by atoms with Crippen molar-refractivity contribution in [3.05, 3.63) is 59.8 Å². The molecule has 0 bridgehead atoms. The number of amides is 1. The second-order valence-electron chi connectivity index (χ2n) is 7.92. The number of carbonyl (C=O) groups excluding carboxylic acids is 1. The molecule has 1 amide bonds. The standard InChI is InChI=1S/C24H27N3O6S/c1-31-21-11-8-18(14-23(21)32-2)22-15-19(26-33-22)16-25-24(28)17-6-9-20(10-7-17)34(29,30)27-12-4-3-5-13-27/h6-11,14-15H,3-5,12-13,16H2,1-2H3,(H,25,28). The molecule has 180 valence electrons. The van der Waals surface area contributed by atoms with Crippen LogP contribution >= 0.6 is 0 Å². The van der Waals surface area contributed by atoms with Crippen molar-refractivity contribution in [3.8, 4) is 22.8 Å². The lowest BCUT2D eigenvalue weighted by Gasteiger charge is -2.25. The number of nitrogens with zero attached hydrogens (tertiary/aromatic N) is 2. The van der Waals surface area contributed by atoms with Crippen molar-refractivity contribution in [2.45, 2.75) is 30.7 Å². The molecule has 1 saturated heterocycles. The third kappa shape index (κ3) is 5.07. The van der Waals surface area contributed by atoms with E-state index in [-0.39, 0.29) is 17.3 Å². The van der Waals surface area contributed by atoms with Gasteiger partial charge in [0.15, 0.2) is 17.3 Å². The molecule has 1 N–H and O–H groups in total. The lowest BCUT2D eigenvalue weighted by atomic mass is 10.1. The minimum Gasteiger partial charge on any atom is -0.493 e. The van der Waals surface area contributed by atoms with E-state index in [1.807, 2.05) is 6.07 Å². The monoisotopic (exact) mass is 485 g/mol. The van der Waals surface area contributed by atoms with Crippen LogP contribution in [0.4, 0.5) is 0 Å². The van der Waals surface area contributed by atoms with Gasteiger partial charge in [-0.1, -0.05) is 11.6 Å². The molecule has 0 saturated carbocycles. The quantitative estimate of drug-likeness (QED) is 0.520. The molecule has 1 aliphatic rings. The predicted octanol–water partition coefficient (Wildman–Crippen LogP) is 3.46. The van der Waals surface area contributed by atoms with Crippen molar-refractivity contribution in [2.75, 3.05) is 27.3 Å². The van der Waals surface area contributed by atoms with Crippen LogP contribution < -0.4 is 14.8 Å². The lowest BCUT2D eigenvalue weighted by molar-refractivity contribution is 0.0950. The van der Waals surface area contributed by atoms with Gasteiger partial charge in [0.2, 0.25) is 10.0 Å².